The third kappa shape index (κ3) is 4.49. The zero-order valence-electron chi connectivity index (χ0n) is 14.4. The molecular formula is C19H20FN3O2S. The molecule has 7 heteroatoms. The zero-order valence-corrected chi connectivity index (χ0v) is 15.2. The fourth-order valence-corrected chi connectivity index (χ4v) is 3.65. The molecule has 136 valence electrons. The van der Waals surface area contributed by atoms with Crippen LogP contribution in [0.3, 0.4) is 0 Å². The van der Waals surface area contributed by atoms with Gasteiger partial charge in [0, 0.05) is 6.20 Å². The number of halogens is 1. The molecule has 0 fully saturated rings. The Balaban J connectivity index is 1.70. The second kappa shape index (κ2) is 7.70. The summed E-state index contributed by atoms with van der Waals surface area (Å²) in [6.45, 7) is 2.50. The van der Waals surface area contributed by atoms with Gasteiger partial charge >= 0.3 is 0 Å². The van der Waals surface area contributed by atoms with Crippen molar-refractivity contribution >= 4 is 15.7 Å². The molecule has 0 amide bonds. The molecule has 0 aliphatic carbocycles. The molecule has 1 N–H and O–H groups in total. The first-order chi connectivity index (χ1) is 12.5. The zero-order chi connectivity index (χ0) is 18.6. The normalized spacial score (nSPS) is 11.5. The third-order valence-electron chi connectivity index (χ3n) is 3.92. The molecule has 1 aromatic heterocycles. The summed E-state index contributed by atoms with van der Waals surface area (Å²) in [6.07, 6.45) is 4.99. The minimum absolute atomic E-state index is 0.212. The Morgan fingerprint density at radius 1 is 1.04 bits per heavy atom. The SMILES string of the molecule is CCCc1ccc(S(=O)(=O)Nc2cnn(Cc3ccc(F)cc3)c2)cc1. The first-order valence-electron chi connectivity index (χ1n) is 8.35. The highest BCUT2D eigenvalue weighted by Gasteiger charge is 2.15. The monoisotopic (exact) mass is 373 g/mol. The van der Waals surface area contributed by atoms with Gasteiger partial charge < -0.3 is 0 Å². The summed E-state index contributed by atoms with van der Waals surface area (Å²) in [6, 6.07) is 13.0. The van der Waals surface area contributed by atoms with E-state index in [0.717, 1.165) is 24.0 Å². The first kappa shape index (κ1) is 18.1. The third-order valence-corrected chi connectivity index (χ3v) is 5.31. The van der Waals surface area contributed by atoms with Crippen molar-refractivity contribution in [1.29, 1.82) is 0 Å². The lowest BCUT2D eigenvalue weighted by Crippen LogP contribution is -2.12. The minimum atomic E-state index is -3.66. The molecule has 1 heterocycles. The minimum Gasteiger partial charge on any atom is -0.276 e. The van der Waals surface area contributed by atoms with E-state index in [1.807, 2.05) is 12.1 Å². The lowest BCUT2D eigenvalue weighted by Gasteiger charge is -2.07. The lowest BCUT2D eigenvalue weighted by molar-refractivity contribution is 0.601. The van der Waals surface area contributed by atoms with Gasteiger partial charge in [-0.05, 0) is 41.8 Å². The van der Waals surface area contributed by atoms with Crippen molar-refractivity contribution in [1.82, 2.24) is 9.78 Å². The predicted octanol–water partition coefficient (Wildman–Crippen LogP) is 3.82. The molecule has 26 heavy (non-hydrogen) atoms. The molecule has 3 rings (SSSR count). The summed E-state index contributed by atoms with van der Waals surface area (Å²) in [4.78, 5) is 0.212. The Hall–Kier alpha value is -2.67. The number of hydrogen-bond donors (Lipinski definition) is 1. The molecule has 0 spiro atoms. The number of aromatic nitrogens is 2. The Labute approximate surface area is 152 Å². The number of anilines is 1. The Morgan fingerprint density at radius 3 is 2.35 bits per heavy atom. The van der Waals surface area contributed by atoms with Crippen LogP contribution in [0.5, 0.6) is 0 Å². The lowest BCUT2D eigenvalue weighted by atomic mass is 10.1. The van der Waals surface area contributed by atoms with Gasteiger partial charge in [-0.1, -0.05) is 37.6 Å². The average Bonchev–Trinajstić information content (AvgIpc) is 3.04. The van der Waals surface area contributed by atoms with Crippen LogP contribution in [0, 0.1) is 5.82 Å². The van der Waals surface area contributed by atoms with Crippen LogP contribution in [0.25, 0.3) is 0 Å². The summed E-state index contributed by atoms with van der Waals surface area (Å²) >= 11 is 0. The Morgan fingerprint density at radius 2 is 1.69 bits per heavy atom. The van der Waals surface area contributed by atoms with Crippen LogP contribution < -0.4 is 4.72 Å². The van der Waals surface area contributed by atoms with E-state index in [9.17, 15) is 12.8 Å². The number of hydrogen-bond acceptors (Lipinski definition) is 3. The fourth-order valence-electron chi connectivity index (χ4n) is 2.62. The quantitative estimate of drug-likeness (QED) is 0.685. The molecule has 0 aliphatic rings. The molecule has 3 aromatic rings. The molecule has 0 radical (unpaired) electrons. The number of sulfonamides is 1. The number of nitrogens with one attached hydrogen (secondary N) is 1. The standard InChI is InChI=1S/C19H20FN3O2S/c1-2-3-15-6-10-19(11-7-15)26(24,25)22-18-12-21-23(14-18)13-16-4-8-17(20)9-5-16/h4-12,14,22H,2-3,13H2,1H3. The summed E-state index contributed by atoms with van der Waals surface area (Å²) in [5.74, 6) is -0.299. The highest BCUT2D eigenvalue weighted by Crippen LogP contribution is 2.17. The van der Waals surface area contributed by atoms with Gasteiger partial charge in [0.05, 0.1) is 23.3 Å². The molecule has 0 bridgehead atoms. The second-order valence-corrected chi connectivity index (χ2v) is 7.73. The molecule has 5 nitrogen and oxygen atoms in total. The second-order valence-electron chi connectivity index (χ2n) is 6.05. The predicted molar refractivity (Wildman–Crippen MR) is 99.0 cm³/mol. The Kier molecular flexibility index (Phi) is 5.37. The number of nitrogens with zero attached hydrogens (tertiary/aromatic N) is 2. The molecule has 0 aliphatic heterocycles. The summed E-state index contributed by atoms with van der Waals surface area (Å²) < 4.78 is 42.0. The van der Waals surface area contributed by atoms with Crippen LogP contribution in [-0.4, -0.2) is 18.2 Å². The van der Waals surface area contributed by atoms with E-state index in [0.29, 0.717) is 12.2 Å². The average molecular weight is 373 g/mol. The topological polar surface area (TPSA) is 64.0 Å². The maximum absolute atomic E-state index is 12.9. The number of benzene rings is 2. The Bertz CT molecular complexity index is 965. The van der Waals surface area contributed by atoms with Crippen molar-refractivity contribution in [2.45, 2.75) is 31.2 Å². The van der Waals surface area contributed by atoms with Crippen molar-refractivity contribution in [2.75, 3.05) is 4.72 Å². The van der Waals surface area contributed by atoms with E-state index in [1.54, 1.807) is 35.1 Å². The van der Waals surface area contributed by atoms with Crippen LogP contribution >= 0.6 is 0 Å². The van der Waals surface area contributed by atoms with Crippen LogP contribution in [0.15, 0.2) is 65.8 Å². The van der Waals surface area contributed by atoms with Gasteiger partial charge in [0.1, 0.15) is 5.82 Å². The van der Waals surface area contributed by atoms with Gasteiger partial charge in [0.15, 0.2) is 0 Å². The summed E-state index contributed by atoms with van der Waals surface area (Å²) in [5.41, 5.74) is 2.36. The van der Waals surface area contributed by atoms with Crippen LogP contribution in [0.1, 0.15) is 24.5 Å². The van der Waals surface area contributed by atoms with Crippen molar-refractivity contribution in [2.24, 2.45) is 0 Å². The smallest absolute Gasteiger partial charge is 0.261 e. The van der Waals surface area contributed by atoms with Crippen molar-refractivity contribution < 1.29 is 12.8 Å². The van der Waals surface area contributed by atoms with Crippen molar-refractivity contribution in [3.63, 3.8) is 0 Å². The van der Waals surface area contributed by atoms with E-state index in [2.05, 4.69) is 16.7 Å². The molecule has 2 aromatic carbocycles. The van der Waals surface area contributed by atoms with E-state index >= 15 is 0 Å². The fraction of sp³-hybridized carbons (Fsp3) is 0.211. The maximum atomic E-state index is 12.9. The van der Waals surface area contributed by atoms with Gasteiger partial charge in [-0.25, -0.2) is 12.8 Å². The van der Waals surface area contributed by atoms with Gasteiger partial charge in [0.2, 0.25) is 0 Å². The van der Waals surface area contributed by atoms with Gasteiger partial charge in [0.25, 0.3) is 10.0 Å². The number of rotatable bonds is 7. The van der Waals surface area contributed by atoms with Crippen molar-refractivity contribution in [3.8, 4) is 0 Å². The van der Waals surface area contributed by atoms with Crippen LogP contribution in [-0.2, 0) is 23.0 Å². The summed E-state index contributed by atoms with van der Waals surface area (Å²) in [7, 11) is -3.66. The molecule has 0 atom stereocenters. The maximum Gasteiger partial charge on any atom is 0.261 e. The van der Waals surface area contributed by atoms with Crippen LogP contribution in [0.2, 0.25) is 0 Å². The number of aryl methyl sites for hydroxylation is 1. The van der Waals surface area contributed by atoms with E-state index in [1.165, 1.54) is 18.3 Å². The van der Waals surface area contributed by atoms with Crippen LogP contribution in [0.4, 0.5) is 10.1 Å². The van der Waals surface area contributed by atoms with Gasteiger partial charge in [-0.2, -0.15) is 5.10 Å². The first-order valence-corrected chi connectivity index (χ1v) is 9.83. The molecule has 0 saturated carbocycles. The summed E-state index contributed by atoms with van der Waals surface area (Å²) in [5, 5.41) is 4.15. The van der Waals surface area contributed by atoms with Crippen molar-refractivity contribution in [3.05, 3.63) is 77.9 Å². The highest BCUT2D eigenvalue weighted by atomic mass is 32.2. The largest absolute Gasteiger partial charge is 0.276 e. The molecule has 0 saturated heterocycles. The van der Waals surface area contributed by atoms with E-state index in [4.69, 9.17) is 0 Å². The molecule has 0 unspecified atom stereocenters. The molecular weight excluding hydrogens is 353 g/mol. The van der Waals surface area contributed by atoms with Gasteiger partial charge in [-0.3, -0.25) is 9.40 Å². The van der Waals surface area contributed by atoms with E-state index in [-0.39, 0.29) is 10.7 Å². The van der Waals surface area contributed by atoms with E-state index < -0.39 is 10.0 Å². The highest BCUT2D eigenvalue weighted by molar-refractivity contribution is 7.92. The van der Waals surface area contributed by atoms with Gasteiger partial charge in [-0.15, -0.1) is 0 Å².